The maximum absolute atomic E-state index is 16.1. The maximum Gasteiger partial charge on any atom is 0.328 e. The van der Waals surface area contributed by atoms with E-state index in [1.165, 1.54) is 22.1 Å². The van der Waals surface area contributed by atoms with Crippen LogP contribution in [0.1, 0.15) is 68.8 Å². The lowest BCUT2D eigenvalue weighted by molar-refractivity contribution is -0.220. The van der Waals surface area contributed by atoms with Crippen molar-refractivity contribution in [2.24, 2.45) is 5.41 Å². The number of piperidine rings is 1. The molecule has 10 rings (SSSR count). The number of nitrogens with zero attached hydrogens (tertiary/aromatic N) is 8. The third-order valence-corrected chi connectivity index (χ3v) is 14.2. The van der Waals surface area contributed by atoms with Gasteiger partial charge in [-0.15, -0.1) is 5.10 Å². The number of methoxy groups -OCH3 is 1. The van der Waals surface area contributed by atoms with Gasteiger partial charge in [-0.25, -0.2) is 27.5 Å². The van der Waals surface area contributed by atoms with Crippen molar-refractivity contribution in [1.82, 2.24) is 40.0 Å². The Balaban J connectivity index is 0.806. The molecule has 19 heteroatoms. The van der Waals surface area contributed by atoms with Gasteiger partial charge in [0.05, 0.1) is 36.0 Å². The van der Waals surface area contributed by atoms with Crippen molar-refractivity contribution in [3.8, 4) is 11.3 Å². The van der Waals surface area contributed by atoms with Gasteiger partial charge in [-0.3, -0.25) is 34.5 Å². The first-order valence-corrected chi connectivity index (χ1v) is 22.2. The van der Waals surface area contributed by atoms with Crippen LogP contribution in [0.2, 0.25) is 0 Å². The van der Waals surface area contributed by atoms with Crippen LogP contribution < -0.4 is 25.8 Å². The molecule has 2 atom stereocenters. The Hall–Kier alpha value is -6.60. The number of aromatic nitrogens is 4. The average Bonchev–Trinajstić information content (AvgIpc) is 3.91. The van der Waals surface area contributed by atoms with Crippen molar-refractivity contribution < 1.29 is 37.1 Å². The fourth-order valence-electron chi connectivity index (χ4n) is 10.2. The van der Waals surface area contributed by atoms with Crippen molar-refractivity contribution in [3.63, 3.8) is 0 Å². The molecule has 66 heavy (non-hydrogen) atoms. The number of alkyl halides is 2. The zero-order valence-electron chi connectivity index (χ0n) is 37.1. The van der Waals surface area contributed by atoms with E-state index in [2.05, 4.69) is 25.9 Å². The minimum atomic E-state index is -3.18. The number of fused-ring (bicyclic) bond motifs is 2. The maximum atomic E-state index is 16.1. The van der Waals surface area contributed by atoms with Crippen LogP contribution >= 0.6 is 0 Å². The van der Waals surface area contributed by atoms with Gasteiger partial charge in [-0.05, 0) is 86.1 Å². The number of anilines is 4. The predicted molar refractivity (Wildman–Crippen MR) is 239 cm³/mol. The molecule has 1 saturated carbocycles. The highest BCUT2D eigenvalue weighted by Gasteiger charge is 2.63. The van der Waals surface area contributed by atoms with Crippen LogP contribution in [0, 0.1) is 25.1 Å². The lowest BCUT2D eigenvalue weighted by Gasteiger charge is -2.57. The molecule has 1 spiro atoms. The number of amides is 5. The van der Waals surface area contributed by atoms with Crippen LogP contribution in [-0.4, -0.2) is 125 Å². The average molecular weight is 906 g/mol. The molecule has 3 N–H and O–H groups in total. The number of aryl methyl sites for hydroxylation is 1. The summed E-state index contributed by atoms with van der Waals surface area (Å²) in [5.74, 6) is -4.36. The third-order valence-electron chi connectivity index (χ3n) is 14.2. The summed E-state index contributed by atoms with van der Waals surface area (Å²) in [4.78, 5) is 67.0. The van der Waals surface area contributed by atoms with E-state index in [-0.39, 0.29) is 80.8 Å². The largest absolute Gasteiger partial charge is 0.385 e. The fraction of sp³-hybridized carbons (Fsp3) is 0.426. The Labute approximate surface area is 378 Å². The number of carbonyl (C=O) groups excluding carboxylic acids is 4. The quantitative estimate of drug-likeness (QED) is 0.159. The lowest BCUT2D eigenvalue weighted by atomic mass is 9.69. The number of urea groups is 1. The Morgan fingerprint density at radius 3 is 2.47 bits per heavy atom. The number of imidazole rings is 1. The van der Waals surface area contributed by atoms with Crippen LogP contribution in [0.25, 0.3) is 16.9 Å². The fourth-order valence-corrected chi connectivity index (χ4v) is 10.2. The number of nitrogens with one attached hydrogen (secondary N) is 3. The topological polar surface area (TPSA) is 170 Å². The van der Waals surface area contributed by atoms with Crippen LogP contribution in [0.15, 0.2) is 54.9 Å². The number of benzene rings is 2. The zero-order chi connectivity index (χ0) is 46.2. The normalized spacial score (nSPS) is 21.1. The minimum absolute atomic E-state index is 0.0307. The molecule has 344 valence electrons. The number of hydrogen-bond acceptors (Lipinski definition) is 11. The number of ether oxygens (including phenoxy) is 1. The van der Waals surface area contributed by atoms with Crippen molar-refractivity contribution in [1.29, 1.82) is 0 Å². The Bertz CT molecular complexity index is 2830. The van der Waals surface area contributed by atoms with E-state index in [1.54, 1.807) is 43.9 Å². The molecule has 5 amide bonds. The molecule has 16 nitrogen and oxygen atoms in total. The molecule has 2 aromatic carbocycles. The molecular weight excluding hydrogens is 856 g/mol. The predicted octanol–water partition coefficient (Wildman–Crippen LogP) is 5.62. The molecule has 0 unspecified atom stereocenters. The van der Waals surface area contributed by atoms with Crippen LogP contribution in [0.4, 0.5) is 40.8 Å². The number of pyridine rings is 1. The molecule has 3 aromatic heterocycles. The zero-order valence-corrected chi connectivity index (χ0v) is 37.1. The van der Waals surface area contributed by atoms with Crippen LogP contribution in [0.3, 0.4) is 0 Å². The van der Waals surface area contributed by atoms with E-state index in [9.17, 15) is 19.2 Å². The smallest absolute Gasteiger partial charge is 0.328 e. The molecule has 5 aliphatic rings. The number of hydrogen-bond donors (Lipinski definition) is 3. The standard InChI is InChI=1S/C47H50F3N11O5/c1-26-16-29(18-36(27(26)2)60-14-11-40(62)55-45(60)65)44(64)58-15-12-46(47(49,50)25-58)23-57(24-46)22-28-17-32(48)41(52-20-28)31-6-5-7-35-30(31)10-13-59(35)39-19-34(51-3)42-53-21-37(61(42)56-39)43(63)54-33-8-9-38(33)66-4/h5-7,16-21,33,38,51H,8-15,22-25H2,1-4H3,(H,54,63)(H,55,62,65)/t33-,38-/m1/s1. The van der Waals surface area contributed by atoms with Gasteiger partial charge in [0.1, 0.15) is 11.5 Å². The van der Waals surface area contributed by atoms with E-state index in [0.717, 1.165) is 35.2 Å². The molecule has 7 heterocycles. The highest BCUT2D eigenvalue weighted by Crippen LogP contribution is 2.51. The number of rotatable bonds is 10. The first kappa shape index (κ1) is 43.3. The number of likely N-dealkylation sites (tertiary alicyclic amines) is 2. The molecule has 4 fully saturated rings. The summed E-state index contributed by atoms with van der Waals surface area (Å²) >= 11 is 0. The van der Waals surface area contributed by atoms with Gasteiger partial charge in [0, 0.05) is 94.6 Å². The van der Waals surface area contributed by atoms with E-state index < -0.39 is 35.6 Å². The van der Waals surface area contributed by atoms with Gasteiger partial charge in [-0.2, -0.15) is 0 Å². The molecule has 5 aromatic rings. The van der Waals surface area contributed by atoms with E-state index in [1.807, 2.05) is 41.0 Å². The second-order valence-corrected chi connectivity index (χ2v) is 18.2. The van der Waals surface area contributed by atoms with Gasteiger partial charge >= 0.3 is 6.03 Å². The highest BCUT2D eigenvalue weighted by molar-refractivity contribution is 6.07. The summed E-state index contributed by atoms with van der Waals surface area (Å²) in [6.45, 7) is 4.07. The lowest BCUT2D eigenvalue weighted by Crippen LogP contribution is -2.70. The monoisotopic (exact) mass is 905 g/mol. The molecule has 0 bridgehead atoms. The molecule has 0 radical (unpaired) electrons. The number of halogens is 3. The van der Waals surface area contributed by atoms with Crippen molar-refractivity contribution in [2.75, 3.05) is 68.5 Å². The summed E-state index contributed by atoms with van der Waals surface area (Å²) in [5.41, 5.74) is 5.37. The Morgan fingerprint density at radius 1 is 0.955 bits per heavy atom. The van der Waals surface area contributed by atoms with Gasteiger partial charge in [0.15, 0.2) is 17.2 Å². The summed E-state index contributed by atoms with van der Waals surface area (Å²) in [5, 5.41) is 13.4. The van der Waals surface area contributed by atoms with Gasteiger partial charge in [0.2, 0.25) is 5.91 Å². The molecular formula is C47H50F3N11O5. The van der Waals surface area contributed by atoms with E-state index >= 15 is 13.2 Å². The summed E-state index contributed by atoms with van der Waals surface area (Å²) in [7, 11) is 3.41. The first-order valence-electron chi connectivity index (χ1n) is 22.2. The van der Waals surface area contributed by atoms with E-state index in [0.29, 0.717) is 52.6 Å². The second-order valence-electron chi connectivity index (χ2n) is 18.2. The van der Waals surface area contributed by atoms with Crippen molar-refractivity contribution in [2.45, 2.75) is 70.6 Å². The van der Waals surface area contributed by atoms with Crippen LogP contribution in [-0.2, 0) is 22.5 Å². The Kier molecular flexibility index (Phi) is 10.7. The molecule has 1 aliphatic carbocycles. The summed E-state index contributed by atoms with van der Waals surface area (Å²) in [6, 6.07) is 11.4. The van der Waals surface area contributed by atoms with Crippen LogP contribution in [0.5, 0.6) is 0 Å². The highest BCUT2D eigenvalue weighted by atomic mass is 19.3. The third kappa shape index (κ3) is 7.28. The van der Waals surface area contributed by atoms with Crippen molar-refractivity contribution >= 4 is 52.3 Å². The SMILES string of the molecule is CNc1cc(N2CCc3c(-c4ncc(CN5CC6(CCN(C(=O)c7cc(C)c(C)c(N8CCC(=O)NC8=O)c7)CC6(F)F)C5)cc4F)cccc32)nn2c(C(=O)N[C@@H]3CC[C@H]3OC)cnc12. The molecule has 3 saturated heterocycles. The Morgan fingerprint density at radius 2 is 1.76 bits per heavy atom. The second kappa shape index (κ2) is 16.4. The number of imide groups is 1. The van der Waals surface area contributed by atoms with Crippen molar-refractivity contribution in [3.05, 3.63) is 94.2 Å². The van der Waals surface area contributed by atoms with Gasteiger partial charge in [-0.1, -0.05) is 12.1 Å². The van der Waals surface area contributed by atoms with Gasteiger partial charge < -0.3 is 25.2 Å². The number of carbonyl (C=O) groups is 4. The van der Waals surface area contributed by atoms with E-state index in [4.69, 9.17) is 9.84 Å². The molecule has 4 aliphatic heterocycles. The first-order chi connectivity index (χ1) is 31.7. The summed E-state index contributed by atoms with van der Waals surface area (Å²) < 4.78 is 55.3. The van der Waals surface area contributed by atoms with Gasteiger partial charge in [0.25, 0.3) is 17.7 Å². The summed E-state index contributed by atoms with van der Waals surface area (Å²) in [6.07, 6.45) is 5.56. The minimum Gasteiger partial charge on any atom is -0.385 e.